The molecule has 0 aliphatic rings. The van der Waals surface area contributed by atoms with Crippen molar-refractivity contribution in [3.8, 4) is 0 Å². The van der Waals surface area contributed by atoms with Crippen LogP contribution in [0.5, 0.6) is 0 Å². The second-order valence-electron chi connectivity index (χ2n) is 25.6. The van der Waals surface area contributed by atoms with E-state index in [-0.39, 0.29) is 18.5 Å². The zero-order valence-electron chi connectivity index (χ0n) is 54.6. The summed E-state index contributed by atoms with van der Waals surface area (Å²) in [5, 5.41) is 23.2. The van der Waals surface area contributed by atoms with Crippen LogP contribution in [0.2, 0.25) is 0 Å². The summed E-state index contributed by atoms with van der Waals surface area (Å²) in [5.41, 5.74) is 0. The first-order valence-electron chi connectivity index (χ1n) is 37.0. The highest BCUT2D eigenvalue weighted by molar-refractivity contribution is 5.76. The minimum Gasteiger partial charge on any atom is -0.466 e. The fraction of sp³-hybridized carbons (Fsp3) is 0.946. The van der Waals surface area contributed by atoms with Gasteiger partial charge in [-0.15, -0.1) is 0 Å². The summed E-state index contributed by atoms with van der Waals surface area (Å²) in [6, 6.07) is -0.624. The third-order valence-electron chi connectivity index (χ3n) is 17.6. The third kappa shape index (κ3) is 65.7. The average molecular weight is 1130 g/mol. The first-order chi connectivity index (χ1) is 39.5. The lowest BCUT2D eigenvalue weighted by Gasteiger charge is -2.20. The van der Waals surface area contributed by atoms with Crippen molar-refractivity contribution in [2.75, 3.05) is 13.2 Å². The lowest BCUT2D eigenvalue weighted by Crippen LogP contribution is -2.45. The number of aliphatic hydroxyl groups is 2. The Labute approximate surface area is 501 Å². The molecule has 3 N–H and O–H groups in total. The Morgan fingerprint density at radius 3 is 0.850 bits per heavy atom. The van der Waals surface area contributed by atoms with Crippen molar-refractivity contribution in [1.82, 2.24) is 5.32 Å². The van der Waals surface area contributed by atoms with Crippen LogP contribution in [0.4, 0.5) is 0 Å². The molecular weight excluding hydrogens is 983 g/mol. The number of nitrogens with one attached hydrogen (secondary N) is 1. The van der Waals surface area contributed by atoms with Gasteiger partial charge in [-0.3, -0.25) is 9.59 Å². The molecule has 476 valence electrons. The van der Waals surface area contributed by atoms with Gasteiger partial charge in [0.25, 0.3) is 0 Å². The molecule has 0 spiro atoms. The molecule has 0 aliphatic heterocycles. The van der Waals surface area contributed by atoms with Gasteiger partial charge >= 0.3 is 5.97 Å². The van der Waals surface area contributed by atoms with E-state index in [1.165, 1.54) is 360 Å². The van der Waals surface area contributed by atoms with E-state index in [0.29, 0.717) is 19.4 Å². The van der Waals surface area contributed by atoms with Crippen molar-refractivity contribution >= 4 is 11.9 Å². The number of rotatable bonds is 70. The maximum Gasteiger partial charge on any atom is 0.305 e. The molecule has 0 bridgehead atoms. The predicted octanol–water partition coefficient (Wildman–Crippen LogP) is 23.9. The maximum atomic E-state index is 12.5. The first-order valence-corrected chi connectivity index (χ1v) is 37.0. The van der Waals surface area contributed by atoms with Gasteiger partial charge < -0.3 is 20.3 Å². The maximum absolute atomic E-state index is 12.5. The van der Waals surface area contributed by atoms with Crippen molar-refractivity contribution in [2.45, 2.75) is 437 Å². The van der Waals surface area contributed by atoms with Gasteiger partial charge in [0, 0.05) is 12.8 Å². The molecule has 0 saturated heterocycles. The van der Waals surface area contributed by atoms with E-state index in [1.807, 2.05) is 6.08 Å². The lowest BCUT2D eigenvalue weighted by atomic mass is 10.0. The summed E-state index contributed by atoms with van der Waals surface area (Å²) in [6.07, 6.45) is 87.4. The number of carbonyl (C=O) groups is 2. The van der Waals surface area contributed by atoms with Crippen LogP contribution in [0.3, 0.4) is 0 Å². The van der Waals surface area contributed by atoms with Crippen LogP contribution in [-0.4, -0.2) is 47.4 Å². The molecule has 0 aromatic rings. The SMILES string of the molecule is CCCCCCCCCCCCCCCCC/C=C/C(O)C(CO)NC(=O)CCCCCCCCCCCCCCCCCCCCCCCCCCCCCCCCCOC(=O)CCCCCCCCCCCCCCCCC. The van der Waals surface area contributed by atoms with Crippen molar-refractivity contribution in [3.05, 3.63) is 12.2 Å². The predicted molar refractivity (Wildman–Crippen MR) is 352 cm³/mol. The Bertz CT molecular complexity index is 1210. The Morgan fingerprint density at radius 1 is 0.338 bits per heavy atom. The van der Waals surface area contributed by atoms with Crippen LogP contribution in [-0.2, 0) is 14.3 Å². The van der Waals surface area contributed by atoms with Crippen molar-refractivity contribution in [1.29, 1.82) is 0 Å². The molecule has 6 nitrogen and oxygen atoms in total. The topological polar surface area (TPSA) is 95.9 Å². The Kier molecular flexibility index (Phi) is 68.9. The van der Waals surface area contributed by atoms with Crippen LogP contribution in [0, 0.1) is 0 Å². The summed E-state index contributed by atoms with van der Waals surface area (Å²) >= 11 is 0. The highest BCUT2D eigenvalue weighted by atomic mass is 16.5. The fourth-order valence-electron chi connectivity index (χ4n) is 11.9. The van der Waals surface area contributed by atoms with E-state index in [0.717, 1.165) is 38.5 Å². The van der Waals surface area contributed by atoms with E-state index in [1.54, 1.807) is 6.08 Å². The van der Waals surface area contributed by atoms with Crippen LogP contribution >= 0.6 is 0 Å². The van der Waals surface area contributed by atoms with Crippen LogP contribution in [0.25, 0.3) is 0 Å². The number of hydrogen-bond donors (Lipinski definition) is 3. The standard InChI is InChI=1S/C74H145NO5/c1-3-5-7-9-11-13-15-17-19-35-39-42-46-50-54-58-62-66-72(77)71(70-76)75-73(78)67-63-59-55-51-47-43-40-36-33-31-29-27-25-23-21-20-22-24-26-28-30-32-34-37-41-45-49-53-57-61-65-69-80-74(79)68-64-60-56-52-48-44-38-18-16-14-12-10-8-6-4-2/h62,66,71-72,76-77H,3-61,63-65,67-70H2,1-2H3,(H,75,78)/b66-62+. The number of ether oxygens (including phenoxy) is 1. The Hall–Kier alpha value is -1.40. The van der Waals surface area contributed by atoms with Gasteiger partial charge in [0.2, 0.25) is 5.91 Å². The van der Waals surface area contributed by atoms with Gasteiger partial charge in [0.15, 0.2) is 0 Å². The van der Waals surface area contributed by atoms with Crippen molar-refractivity contribution < 1.29 is 24.5 Å². The first kappa shape index (κ1) is 78.6. The molecule has 0 rings (SSSR count). The number of aliphatic hydroxyl groups excluding tert-OH is 2. The molecule has 0 saturated carbocycles. The molecule has 0 aromatic heterocycles. The van der Waals surface area contributed by atoms with E-state index in [9.17, 15) is 19.8 Å². The Balaban J connectivity index is 3.33. The minimum atomic E-state index is -0.841. The highest BCUT2D eigenvalue weighted by Gasteiger charge is 2.18. The largest absolute Gasteiger partial charge is 0.466 e. The van der Waals surface area contributed by atoms with E-state index >= 15 is 0 Å². The van der Waals surface area contributed by atoms with Crippen LogP contribution in [0.15, 0.2) is 12.2 Å². The molecule has 0 aliphatic carbocycles. The molecule has 6 heteroatoms. The van der Waals surface area contributed by atoms with Gasteiger partial charge in [-0.25, -0.2) is 0 Å². The van der Waals surface area contributed by atoms with Gasteiger partial charge in [-0.05, 0) is 32.1 Å². The van der Waals surface area contributed by atoms with Crippen molar-refractivity contribution in [2.24, 2.45) is 0 Å². The van der Waals surface area contributed by atoms with E-state index in [4.69, 9.17) is 4.74 Å². The molecule has 0 fully saturated rings. The Morgan fingerprint density at radius 2 is 0.575 bits per heavy atom. The van der Waals surface area contributed by atoms with Gasteiger partial charge in [0.05, 0.1) is 25.4 Å². The summed E-state index contributed by atoms with van der Waals surface area (Å²) in [7, 11) is 0. The molecule has 0 aromatic carbocycles. The monoisotopic (exact) mass is 1130 g/mol. The summed E-state index contributed by atoms with van der Waals surface area (Å²) < 4.78 is 5.50. The second kappa shape index (κ2) is 70.1. The second-order valence-corrected chi connectivity index (χ2v) is 25.6. The lowest BCUT2D eigenvalue weighted by molar-refractivity contribution is -0.143. The quantitative estimate of drug-likeness (QED) is 0.0320. The smallest absolute Gasteiger partial charge is 0.305 e. The van der Waals surface area contributed by atoms with Gasteiger partial charge in [0.1, 0.15) is 0 Å². The molecule has 1 amide bonds. The number of allylic oxidation sites excluding steroid dienone is 1. The molecule has 0 heterocycles. The molecule has 80 heavy (non-hydrogen) atoms. The third-order valence-corrected chi connectivity index (χ3v) is 17.6. The number of esters is 1. The zero-order chi connectivity index (χ0) is 57.8. The number of carbonyl (C=O) groups excluding carboxylic acids is 2. The summed E-state index contributed by atoms with van der Waals surface area (Å²) in [5.74, 6) is -0.0356. The molecular formula is C74H145NO5. The molecule has 2 unspecified atom stereocenters. The molecule has 0 radical (unpaired) electrons. The summed E-state index contributed by atoms with van der Waals surface area (Å²) in [6.45, 7) is 4.96. The number of unbranched alkanes of at least 4 members (excludes halogenated alkanes) is 59. The van der Waals surface area contributed by atoms with E-state index in [2.05, 4.69) is 19.2 Å². The number of amides is 1. The number of hydrogen-bond acceptors (Lipinski definition) is 5. The van der Waals surface area contributed by atoms with Crippen LogP contribution < -0.4 is 5.32 Å². The minimum absolute atomic E-state index is 0.0243. The van der Waals surface area contributed by atoms with Gasteiger partial charge in [-0.1, -0.05) is 392 Å². The van der Waals surface area contributed by atoms with E-state index < -0.39 is 12.1 Å². The molecule has 2 atom stereocenters. The summed E-state index contributed by atoms with van der Waals surface area (Å²) in [4.78, 5) is 24.6. The van der Waals surface area contributed by atoms with Crippen LogP contribution in [0.1, 0.15) is 425 Å². The highest BCUT2D eigenvalue weighted by Crippen LogP contribution is 2.20. The average Bonchev–Trinajstić information content (AvgIpc) is 3.46. The van der Waals surface area contributed by atoms with Gasteiger partial charge in [-0.2, -0.15) is 0 Å². The van der Waals surface area contributed by atoms with Crippen molar-refractivity contribution in [3.63, 3.8) is 0 Å². The zero-order valence-corrected chi connectivity index (χ0v) is 54.6. The fourth-order valence-corrected chi connectivity index (χ4v) is 11.9. The normalized spacial score (nSPS) is 12.5.